The molecule has 0 saturated heterocycles. The van der Waals surface area contributed by atoms with Crippen LogP contribution in [0.1, 0.15) is 40.6 Å². The van der Waals surface area contributed by atoms with Crippen LogP contribution >= 0.6 is 11.6 Å². The molecule has 1 fully saturated rings. The van der Waals surface area contributed by atoms with Gasteiger partial charge in [0.05, 0.1) is 6.04 Å². The van der Waals surface area contributed by atoms with Gasteiger partial charge in [-0.3, -0.25) is 4.79 Å². The zero-order chi connectivity index (χ0) is 23.8. The Kier molecular flexibility index (Phi) is 6.00. The van der Waals surface area contributed by atoms with Crippen molar-refractivity contribution in [1.82, 2.24) is 4.90 Å². The topological polar surface area (TPSA) is 66.8 Å². The maximum absolute atomic E-state index is 13.8. The highest BCUT2D eigenvalue weighted by atomic mass is 35.5. The van der Waals surface area contributed by atoms with Crippen LogP contribution in [0.25, 0.3) is 0 Å². The lowest BCUT2D eigenvalue weighted by Crippen LogP contribution is -2.41. The van der Waals surface area contributed by atoms with Crippen molar-refractivity contribution in [2.75, 3.05) is 13.2 Å². The molecule has 5 rings (SSSR count). The molecule has 0 bridgehead atoms. The first-order valence-electron chi connectivity index (χ1n) is 11.2. The van der Waals surface area contributed by atoms with Gasteiger partial charge in [0.2, 0.25) is 5.91 Å². The molecule has 174 valence electrons. The Hall–Kier alpha value is -3.38. The fourth-order valence-electron chi connectivity index (χ4n) is 4.90. The fourth-order valence-corrected chi connectivity index (χ4v) is 5.08. The first-order valence-corrected chi connectivity index (χ1v) is 11.6. The van der Waals surface area contributed by atoms with Gasteiger partial charge < -0.3 is 14.7 Å². The first kappa shape index (κ1) is 22.4. The minimum Gasteiger partial charge on any atom is -0.482 e. The molecule has 1 amide bonds. The van der Waals surface area contributed by atoms with Gasteiger partial charge in [-0.05, 0) is 65.8 Å². The number of rotatable bonds is 6. The van der Waals surface area contributed by atoms with Crippen LogP contribution in [0.3, 0.4) is 0 Å². The highest BCUT2D eigenvalue weighted by molar-refractivity contribution is 6.30. The molecule has 3 atom stereocenters. The van der Waals surface area contributed by atoms with E-state index in [9.17, 15) is 14.0 Å². The maximum Gasteiger partial charge on any atom is 0.341 e. The van der Waals surface area contributed by atoms with Crippen molar-refractivity contribution in [3.63, 3.8) is 0 Å². The molecular weight excluding hydrogens is 457 g/mol. The third-order valence-corrected chi connectivity index (χ3v) is 6.82. The number of carboxylic acid groups (broad SMARTS) is 1. The lowest BCUT2D eigenvalue weighted by Gasteiger charge is -2.38. The van der Waals surface area contributed by atoms with Crippen LogP contribution < -0.4 is 4.74 Å². The molecule has 1 aliphatic heterocycles. The first-order chi connectivity index (χ1) is 16.4. The Morgan fingerprint density at radius 1 is 1.06 bits per heavy atom. The predicted molar refractivity (Wildman–Crippen MR) is 126 cm³/mol. The third-order valence-electron chi connectivity index (χ3n) is 6.59. The van der Waals surface area contributed by atoms with Gasteiger partial charge in [0, 0.05) is 23.0 Å². The summed E-state index contributed by atoms with van der Waals surface area (Å²) in [6, 6.07) is 18.9. The van der Waals surface area contributed by atoms with Gasteiger partial charge in [-0.15, -0.1) is 0 Å². The van der Waals surface area contributed by atoms with Gasteiger partial charge in [0.25, 0.3) is 0 Å². The van der Waals surface area contributed by atoms with Crippen LogP contribution in [0.2, 0.25) is 5.02 Å². The number of benzene rings is 3. The highest BCUT2D eigenvalue weighted by Gasteiger charge is 2.48. The molecule has 0 spiro atoms. The van der Waals surface area contributed by atoms with Crippen molar-refractivity contribution in [3.8, 4) is 5.75 Å². The Morgan fingerprint density at radius 3 is 2.59 bits per heavy atom. The van der Waals surface area contributed by atoms with Crippen molar-refractivity contribution in [2.45, 2.75) is 24.8 Å². The number of nitrogens with zero attached hydrogens (tertiary/aromatic N) is 1. The molecule has 3 aromatic carbocycles. The van der Waals surface area contributed by atoms with Crippen LogP contribution in [0.5, 0.6) is 5.75 Å². The lowest BCUT2D eigenvalue weighted by molar-refractivity contribution is -0.139. The molecule has 0 aromatic heterocycles. The Labute approximate surface area is 201 Å². The van der Waals surface area contributed by atoms with E-state index in [1.165, 1.54) is 12.1 Å². The standard InChI is InChI=1S/C27H23ClFNO4/c28-18-7-10-24(34-15-25(31)32)23(13-18)26-20-4-2-1-3-16(20)11-12-30(26)27(33)22-14-21(22)17-5-8-19(29)9-6-17/h1-10,13,21-22,26H,11-12,14-15H2,(H,31,32)/t21-,22+,26?/m0/s1. The largest absolute Gasteiger partial charge is 0.482 e. The van der Waals surface area contributed by atoms with E-state index in [2.05, 4.69) is 0 Å². The second kappa shape index (κ2) is 9.11. The lowest BCUT2D eigenvalue weighted by atomic mass is 9.87. The zero-order valence-electron chi connectivity index (χ0n) is 18.3. The Bertz CT molecular complexity index is 1250. The van der Waals surface area contributed by atoms with Crippen molar-refractivity contribution in [2.24, 2.45) is 5.92 Å². The zero-order valence-corrected chi connectivity index (χ0v) is 19.0. The van der Waals surface area contributed by atoms with Gasteiger partial charge >= 0.3 is 5.97 Å². The monoisotopic (exact) mass is 479 g/mol. The number of halogens is 2. The Balaban J connectivity index is 1.51. The number of carboxylic acids is 1. The number of hydrogen-bond acceptors (Lipinski definition) is 3. The van der Waals surface area contributed by atoms with Crippen molar-refractivity contribution in [1.29, 1.82) is 0 Å². The van der Waals surface area contributed by atoms with E-state index in [1.54, 1.807) is 30.3 Å². The number of ether oxygens (including phenoxy) is 1. The van der Waals surface area contributed by atoms with Crippen LogP contribution in [-0.2, 0) is 16.0 Å². The summed E-state index contributed by atoms with van der Waals surface area (Å²) in [5.74, 6) is -1.09. The minimum atomic E-state index is -1.09. The number of carbonyl (C=O) groups excluding carboxylic acids is 1. The smallest absolute Gasteiger partial charge is 0.341 e. The molecule has 34 heavy (non-hydrogen) atoms. The summed E-state index contributed by atoms with van der Waals surface area (Å²) in [6.07, 6.45) is 1.44. The molecule has 1 heterocycles. The van der Waals surface area contributed by atoms with E-state index in [1.807, 2.05) is 29.2 Å². The van der Waals surface area contributed by atoms with E-state index < -0.39 is 18.6 Å². The summed E-state index contributed by atoms with van der Waals surface area (Å²) in [5, 5.41) is 9.60. The molecule has 1 N–H and O–H groups in total. The second-order valence-electron chi connectivity index (χ2n) is 8.75. The third kappa shape index (κ3) is 4.38. The number of hydrogen-bond donors (Lipinski definition) is 1. The van der Waals surface area contributed by atoms with Crippen LogP contribution in [-0.4, -0.2) is 35.0 Å². The molecule has 1 aliphatic carbocycles. The summed E-state index contributed by atoms with van der Waals surface area (Å²) in [7, 11) is 0. The van der Waals surface area contributed by atoms with Gasteiger partial charge in [-0.2, -0.15) is 0 Å². The van der Waals surface area contributed by atoms with Crippen LogP contribution in [0.4, 0.5) is 4.39 Å². The maximum atomic E-state index is 13.8. The van der Waals surface area contributed by atoms with Gasteiger partial charge in [-0.25, -0.2) is 9.18 Å². The number of carbonyl (C=O) groups is 2. The molecule has 5 nitrogen and oxygen atoms in total. The van der Waals surface area contributed by atoms with E-state index in [0.717, 1.165) is 23.1 Å². The van der Waals surface area contributed by atoms with E-state index in [-0.39, 0.29) is 23.6 Å². The van der Waals surface area contributed by atoms with Crippen LogP contribution in [0.15, 0.2) is 66.7 Å². The summed E-state index contributed by atoms with van der Waals surface area (Å²) in [6.45, 7) is 0.0320. The van der Waals surface area contributed by atoms with E-state index in [4.69, 9.17) is 21.4 Å². The SMILES string of the molecule is O=C(O)COc1ccc(Cl)cc1C1c2ccccc2CCN1C(=O)[C@@H]1C[C@H]1c1ccc(F)cc1. The molecule has 0 radical (unpaired) electrons. The second-order valence-corrected chi connectivity index (χ2v) is 9.18. The molecular formula is C27H23ClFNO4. The molecule has 1 saturated carbocycles. The summed E-state index contributed by atoms with van der Waals surface area (Å²) in [5.41, 5.74) is 3.73. The Morgan fingerprint density at radius 2 is 1.82 bits per heavy atom. The molecule has 7 heteroatoms. The predicted octanol–water partition coefficient (Wildman–Crippen LogP) is 5.22. The molecule has 2 aliphatic rings. The van der Waals surface area contributed by atoms with Crippen LogP contribution in [0, 0.1) is 11.7 Å². The number of aliphatic carboxylic acids is 1. The van der Waals surface area contributed by atoms with Gasteiger partial charge in [0.15, 0.2) is 6.61 Å². The van der Waals surface area contributed by atoms with Gasteiger partial charge in [-0.1, -0.05) is 48.0 Å². The summed E-state index contributed by atoms with van der Waals surface area (Å²) in [4.78, 5) is 26.8. The number of amides is 1. The normalized spacial score (nSPS) is 21.0. The van der Waals surface area contributed by atoms with E-state index >= 15 is 0 Å². The molecule has 1 unspecified atom stereocenters. The summed E-state index contributed by atoms with van der Waals surface area (Å²) < 4.78 is 18.9. The highest BCUT2D eigenvalue weighted by Crippen LogP contribution is 2.51. The quantitative estimate of drug-likeness (QED) is 0.526. The van der Waals surface area contributed by atoms with Gasteiger partial charge in [0.1, 0.15) is 11.6 Å². The summed E-state index contributed by atoms with van der Waals surface area (Å²) >= 11 is 6.34. The van der Waals surface area contributed by atoms with Crippen molar-refractivity contribution in [3.05, 3.63) is 99.8 Å². The average molecular weight is 480 g/mol. The average Bonchev–Trinajstić information content (AvgIpc) is 3.63. The van der Waals surface area contributed by atoms with Crippen molar-refractivity contribution >= 4 is 23.5 Å². The fraction of sp³-hybridized carbons (Fsp3) is 0.259. The van der Waals surface area contributed by atoms with Crippen molar-refractivity contribution < 1.29 is 23.8 Å². The molecule has 3 aromatic rings. The number of fused-ring (bicyclic) bond motifs is 1. The van der Waals surface area contributed by atoms with E-state index in [0.29, 0.717) is 29.3 Å². The minimum absolute atomic E-state index is 0.0259.